The van der Waals surface area contributed by atoms with Crippen molar-refractivity contribution in [3.8, 4) is 0 Å². The zero-order chi connectivity index (χ0) is 12.4. The van der Waals surface area contributed by atoms with Gasteiger partial charge in [-0.05, 0) is 12.1 Å². The minimum atomic E-state index is -1.06. The summed E-state index contributed by atoms with van der Waals surface area (Å²) in [6, 6.07) is 4.79. The molecule has 0 aliphatic rings. The molecule has 2 aromatic rings. The molecule has 0 unspecified atom stereocenters. The summed E-state index contributed by atoms with van der Waals surface area (Å²) in [4.78, 5) is 23.5. The van der Waals surface area contributed by atoms with Crippen molar-refractivity contribution in [2.45, 2.75) is 0 Å². The fraction of sp³-hybridized carbons (Fsp3) is 0. The van der Waals surface area contributed by atoms with Gasteiger partial charge in [0.1, 0.15) is 0 Å². The zero-order valence-electron chi connectivity index (χ0n) is 8.58. The van der Waals surface area contributed by atoms with Gasteiger partial charge in [-0.25, -0.2) is 4.79 Å². The molecule has 0 bridgehead atoms. The molecule has 0 saturated heterocycles. The summed E-state index contributed by atoms with van der Waals surface area (Å²) >= 11 is 0. The van der Waals surface area contributed by atoms with Crippen LogP contribution in [0.2, 0.25) is 0 Å². The molecule has 0 amide bonds. The lowest BCUT2D eigenvalue weighted by Gasteiger charge is -1.97. The lowest BCUT2D eigenvalue weighted by Crippen LogP contribution is -1.96. The summed E-state index contributed by atoms with van der Waals surface area (Å²) in [5.41, 5.74) is 1.23. The lowest BCUT2D eigenvalue weighted by molar-refractivity contribution is -0.400. The van der Waals surface area contributed by atoms with Gasteiger partial charge in [-0.3, -0.25) is 10.1 Å². The fourth-order valence-electron chi connectivity index (χ4n) is 1.66. The minimum absolute atomic E-state index is 0.117. The van der Waals surface area contributed by atoms with Crippen LogP contribution in [-0.2, 0) is 0 Å². The smallest absolute Gasteiger partial charge is 0.336 e. The maximum atomic E-state index is 11.0. The lowest BCUT2D eigenvalue weighted by atomic mass is 10.1. The minimum Gasteiger partial charge on any atom is -0.478 e. The number of hydrogen-bond donors (Lipinski definition) is 2. The first-order chi connectivity index (χ1) is 8.09. The Labute approximate surface area is 95.3 Å². The van der Waals surface area contributed by atoms with Crippen molar-refractivity contribution in [2.24, 2.45) is 0 Å². The summed E-state index contributed by atoms with van der Waals surface area (Å²) in [5.74, 6) is -1.06. The van der Waals surface area contributed by atoms with E-state index in [1.165, 1.54) is 18.3 Å². The Hall–Kier alpha value is -2.63. The topological polar surface area (TPSA) is 96.2 Å². The van der Waals surface area contributed by atoms with Crippen molar-refractivity contribution in [3.05, 3.63) is 51.8 Å². The molecule has 0 spiro atoms. The molecule has 0 atom stereocenters. The molecule has 6 nitrogen and oxygen atoms in total. The molecule has 0 fully saturated rings. The number of aromatic carboxylic acids is 1. The second-order valence-corrected chi connectivity index (χ2v) is 3.38. The van der Waals surface area contributed by atoms with E-state index in [1.54, 1.807) is 12.1 Å². The van der Waals surface area contributed by atoms with Gasteiger partial charge in [0.05, 0.1) is 10.5 Å². The second-order valence-electron chi connectivity index (χ2n) is 3.38. The van der Waals surface area contributed by atoms with Crippen molar-refractivity contribution in [1.29, 1.82) is 0 Å². The van der Waals surface area contributed by atoms with E-state index in [-0.39, 0.29) is 5.56 Å². The molecule has 0 radical (unpaired) electrons. The van der Waals surface area contributed by atoms with Crippen molar-refractivity contribution in [1.82, 2.24) is 4.98 Å². The number of aromatic amines is 1. The number of nitrogens with one attached hydrogen (secondary N) is 1. The molecule has 1 heterocycles. The van der Waals surface area contributed by atoms with E-state index in [1.807, 2.05) is 0 Å². The van der Waals surface area contributed by atoms with Crippen molar-refractivity contribution in [3.63, 3.8) is 0 Å². The Morgan fingerprint density at radius 3 is 2.88 bits per heavy atom. The number of nitrogens with zero attached hydrogens (tertiary/aromatic N) is 1. The number of hydrogen-bond acceptors (Lipinski definition) is 3. The van der Waals surface area contributed by atoms with E-state index in [4.69, 9.17) is 5.11 Å². The number of nitro groups is 1. The molecule has 0 aliphatic heterocycles. The first-order valence-electron chi connectivity index (χ1n) is 4.74. The molecular weight excluding hydrogens is 224 g/mol. The van der Waals surface area contributed by atoms with E-state index in [2.05, 4.69) is 4.98 Å². The summed E-state index contributed by atoms with van der Waals surface area (Å²) in [6.45, 7) is 0. The van der Waals surface area contributed by atoms with E-state index in [0.29, 0.717) is 16.5 Å². The molecule has 17 heavy (non-hydrogen) atoms. The molecule has 0 saturated carbocycles. The average Bonchev–Trinajstić information content (AvgIpc) is 2.69. The first kappa shape index (κ1) is 10.9. The summed E-state index contributed by atoms with van der Waals surface area (Å²) < 4.78 is 0. The number of carbonyl (C=O) groups is 1. The molecule has 0 aliphatic carbocycles. The quantitative estimate of drug-likeness (QED) is 0.625. The van der Waals surface area contributed by atoms with Crippen molar-refractivity contribution < 1.29 is 14.8 Å². The standard InChI is InChI=1S/C11H8N2O4/c14-11(15)8-2-1-3-9-10(8)7(6-12-9)4-5-13(16)17/h1-6,12H,(H,14,15). The summed E-state index contributed by atoms with van der Waals surface area (Å²) in [5, 5.41) is 19.7. The number of rotatable bonds is 3. The number of benzene rings is 1. The van der Waals surface area contributed by atoms with Crippen LogP contribution >= 0.6 is 0 Å². The highest BCUT2D eigenvalue weighted by Gasteiger charge is 2.12. The Balaban J connectivity index is 2.65. The molecule has 1 aromatic heterocycles. The van der Waals surface area contributed by atoms with Crippen LogP contribution in [0.1, 0.15) is 15.9 Å². The SMILES string of the molecule is O=C(O)c1cccc2[nH]cc(C=C[N+](=O)[O-])c12. The van der Waals surface area contributed by atoms with Gasteiger partial charge in [0, 0.05) is 28.7 Å². The third kappa shape index (κ3) is 2.00. The number of fused-ring (bicyclic) bond motifs is 1. The Morgan fingerprint density at radius 1 is 1.47 bits per heavy atom. The highest BCUT2D eigenvalue weighted by molar-refractivity contribution is 6.06. The second kappa shape index (κ2) is 4.09. The van der Waals surface area contributed by atoms with Gasteiger partial charge in [0.2, 0.25) is 6.20 Å². The molecule has 6 heteroatoms. The monoisotopic (exact) mass is 232 g/mol. The van der Waals surface area contributed by atoms with Crippen LogP contribution in [0.15, 0.2) is 30.6 Å². The zero-order valence-corrected chi connectivity index (χ0v) is 8.58. The van der Waals surface area contributed by atoms with E-state index >= 15 is 0 Å². The molecule has 86 valence electrons. The number of carboxylic acid groups (broad SMARTS) is 1. The van der Waals surface area contributed by atoms with Crippen molar-refractivity contribution in [2.75, 3.05) is 0 Å². The Morgan fingerprint density at radius 2 is 2.24 bits per heavy atom. The maximum Gasteiger partial charge on any atom is 0.336 e. The highest BCUT2D eigenvalue weighted by atomic mass is 16.6. The van der Waals surface area contributed by atoms with E-state index < -0.39 is 10.9 Å². The highest BCUT2D eigenvalue weighted by Crippen LogP contribution is 2.23. The Kier molecular flexibility index (Phi) is 2.61. The molecule has 2 rings (SSSR count). The van der Waals surface area contributed by atoms with Crippen LogP contribution in [-0.4, -0.2) is 21.0 Å². The van der Waals surface area contributed by atoms with Gasteiger partial charge < -0.3 is 10.1 Å². The summed E-state index contributed by atoms with van der Waals surface area (Å²) in [6.07, 6.45) is 3.59. The van der Waals surface area contributed by atoms with Crippen molar-refractivity contribution >= 4 is 22.9 Å². The van der Waals surface area contributed by atoms with Gasteiger partial charge in [0.25, 0.3) is 0 Å². The summed E-state index contributed by atoms with van der Waals surface area (Å²) in [7, 11) is 0. The van der Waals surface area contributed by atoms with Gasteiger partial charge >= 0.3 is 5.97 Å². The van der Waals surface area contributed by atoms with Crippen LogP contribution in [0.3, 0.4) is 0 Å². The third-order valence-corrected chi connectivity index (χ3v) is 2.34. The van der Waals surface area contributed by atoms with Crippen LogP contribution in [0, 0.1) is 10.1 Å². The number of H-pyrrole nitrogens is 1. The first-order valence-corrected chi connectivity index (χ1v) is 4.74. The van der Waals surface area contributed by atoms with Gasteiger partial charge in [0.15, 0.2) is 0 Å². The molecule has 2 N–H and O–H groups in total. The number of aromatic nitrogens is 1. The van der Waals surface area contributed by atoms with Gasteiger partial charge in [-0.15, -0.1) is 0 Å². The van der Waals surface area contributed by atoms with Crippen LogP contribution in [0.25, 0.3) is 17.0 Å². The largest absolute Gasteiger partial charge is 0.478 e. The normalized spacial score (nSPS) is 11.1. The van der Waals surface area contributed by atoms with E-state index in [9.17, 15) is 14.9 Å². The van der Waals surface area contributed by atoms with Crippen LogP contribution in [0.5, 0.6) is 0 Å². The maximum absolute atomic E-state index is 11.0. The third-order valence-electron chi connectivity index (χ3n) is 2.34. The van der Waals surface area contributed by atoms with Gasteiger partial charge in [-0.1, -0.05) is 6.07 Å². The molecule has 1 aromatic carbocycles. The average molecular weight is 232 g/mol. The van der Waals surface area contributed by atoms with E-state index in [0.717, 1.165) is 6.20 Å². The fourth-order valence-corrected chi connectivity index (χ4v) is 1.66. The predicted molar refractivity (Wildman–Crippen MR) is 61.3 cm³/mol. The molecular formula is C11H8N2O4. The van der Waals surface area contributed by atoms with Gasteiger partial charge in [-0.2, -0.15) is 0 Å². The predicted octanol–water partition coefficient (Wildman–Crippen LogP) is 2.11. The van der Waals surface area contributed by atoms with Crippen LogP contribution in [0.4, 0.5) is 0 Å². The Bertz CT molecular complexity index is 627. The number of carboxylic acids is 1. The van der Waals surface area contributed by atoms with Crippen LogP contribution < -0.4 is 0 Å².